The Morgan fingerprint density at radius 2 is 1.83 bits per heavy atom. The first kappa shape index (κ1) is 26.3. The van der Waals surface area contributed by atoms with E-state index in [0.29, 0.717) is 17.8 Å². The van der Waals surface area contributed by atoms with Crippen LogP contribution in [0.1, 0.15) is 44.9 Å². The maximum absolute atomic E-state index is 13.7. The standard InChI is InChI=1S/C25H31F3N4O3/c1-6-11-31-18-13-32(21(15(4)5)22(33)29-12-14(2)3)23(34)19(18)20(30-24(31)35)16-7-9-17(10-8-16)25(26,27)28/h6-10,14-15,20-21H,1,11-13H2,2-5H3,(H,29,33)(H,30,35). The van der Waals surface area contributed by atoms with Crippen LogP contribution < -0.4 is 10.6 Å². The van der Waals surface area contributed by atoms with Gasteiger partial charge in [-0.3, -0.25) is 14.5 Å². The summed E-state index contributed by atoms with van der Waals surface area (Å²) in [7, 11) is 0. The number of halogens is 3. The Balaban J connectivity index is 2.00. The summed E-state index contributed by atoms with van der Waals surface area (Å²) in [5, 5.41) is 5.62. The van der Waals surface area contributed by atoms with Gasteiger partial charge in [0.2, 0.25) is 5.91 Å². The van der Waals surface area contributed by atoms with Gasteiger partial charge < -0.3 is 15.5 Å². The van der Waals surface area contributed by atoms with Crippen molar-refractivity contribution in [2.45, 2.75) is 46.0 Å². The molecule has 3 rings (SSSR count). The summed E-state index contributed by atoms with van der Waals surface area (Å²) in [6, 6.07) is 2.15. The molecule has 1 aromatic rings. The largest absolute Gasteiger partial charge is 0.416 e. The highest BCUT2D eigenvalue weighted by Crippen LogP contribution is 2.39. The quantitative estimate of drug-likeness (QED) is 0.541. The van der Waals surface area contributed by atoms with Crippen LogP contribution in [0.4, 0.5) is 18.0 Å². The third kappa shape index (κ3) is 5.36. The molecule has 2 atom stereocenters. The van der Waals surface area contributed by atoms with Gasteiger partial charge in [0.25, 0.3) is 5.91 Å². The zero-order valence-electron chi connectivity index (χ0n) is 20.3. The van der Waals surface area contributed by atoms with Crippen molar-refractivity contribution in [2.75, 3.05) is 19.6 Å². The molecule has 0 aliphatic carbocycles. The number of hydrogen-bond acceptors (Lipinski definition) is 3. The predicted octanol–water partition coefficient (Wildman–Crippen LogP) is 3.85. The van der Waals surface area contributed by atoms with Crippen LogP contribution in [0, 0.1) is 11.8 Å². The van der Waals surface area contributed by atoms with Crippen LogP contribution in [0.25, 0.3) is 0 Å². The average Bonchev–Trinajstić information content (AvgIpc) is 3.10. The van der Waals surface area contributed by atoms with Gasteiger partial charge >= 0.3 is 12.2 Å². The molecule has 2 aliphatic heterocycles. The first-order valence-electron chi connectivity index (χ1n) is 11.5. The van der Waals surface area contributed by atoms with Gasteiger partial charge in [0.15, 0.2) is 0 Å². The van der Waals surface area contributed by atoms with Gasteiger partial charge in [-0.25, -0.2) is 4.79 Å². The van der Waals surface area contributed by atoms with E-state index in [-0.39, 0.29) is 36.4 Å². The zero-order valence-corrected chi connectivity index (χ0v) is 20.3. The Bertz CT molecular complexity index is 1030. The second kappa shape index (κ2) is 10.1. The number of benzene rings is 1. The Kier molecular flexibility index (Phi) is 7.62. The predicted molar refractivity (Wildman–Crippen MR) is 125 cm³/mol. The van der Waals surface area contributed by atoms with Crippen LogP contribution >= 0.6 is 0 Å². The Labute approximate surface area is 203 Å². The highest BCUT2D eigenvalue weighted by Gasteiger charge is 2.47. The van der Waals surface area contributed by atoms with Gasteiger partial charge in [0.05, 0.1) is 29.4 Å². The smallest absolute Gasteiger partial charge is 0.354 e. The van der Waals surface area contributed by atoms with Crippen LogP contribution in [0.3, 0.4) is 0 Å². The van der Waals surface area contributed by atoms with E-state index in [4.69, 9.17) is 0 Å². The van der Waals surface area contributed by atoms with E-state index < -0.39 is 35.8 Å². The van der Waals surface area contributed by atoms with Gasteiger partial charge in [-0.05, 0) is 29.5 Å². The lowest BCUT2D eigenvalue weighted by molar-refractivity contribution is -0.138. The molecule has 10 heteroatoms. The average molecular weight is 493 g/mol. The van der Waals surface area contributed by atoms with Crippen molar-refractivity contribution in [1.29, 1.82) is 0 Å². The first-order chi connectivity index (χ1) is 16.4. The first-order valence-corrected chi connectivity index (χ1v) is 11.5. The molecule has 2 unspecified atom stereocenters. The van der Waals surface area contributed by atoms with E-state index in [1.54, 1.807) is 0 Å². The number of alkyl halides is 3. The Hall–Kier alpha value is -3.30. The van der Waals surface area contributed by atoms with E-state index in [2.05, 4.69) is 17.2 Å². The number of amides is 4. The molecule has 0 fully saturated rings. The summed E-state index contributed by atoms with van der Waals surface area (Å²) in [4.78, 5) is 42.5. The molecule has 4 amide bonds. The van der Waals surface area contributed by atoms with Crippen LogP contribution in [-0.2, 0) is 15.8 Å². The molecule has 0 saturated carbocycles. The van der Waals surface area contributed by atoms with Gasteiger partial charge in [-0.1, -0.05) is 45.9 Å². The number of hydrogen-bond donors (Lipinski definition) is 2. The Morgan fingerprint density at radius 1 is 1.20 bits per heavy atom. The minimum atomic E-state index is -4.51. The third-order valence-electron chi connectivity index (χ3n) is 6.05. The lowest BCUT2D eigenvalue weighted by atomic mass is 9.94. The molecule has 0 spiro atoms. The van der Waals surface area contributed by atoms with E-state index in [1.807, 2.05) is 27.7 Å². The number of carbonyl (C=O) groups excluding carboxylic acids is 3. The van der Waals surface area contributed by atoms with Crippen molar-refractivity contribution in [3.8, 4) is 0 Å². The second-order valence-electron chi connectivity index (χ2n) is 9.52. The molecule has 2 heterocycles. The van der Waals surface area contributed by atoms with Crippen LogP contribution in [0.15, 0.2) is 48.2 Å². The van der Waals surface area contributed by atoms with Crippen LogP contribution in [0.2, 0.25) is 0 Å². The number of urea groups is 1. The summed E-state index contributed by atoms with van der Waals surface area (Å²) in [5.41, 5.74) is 0.184. The van der Waals surface area contributed by atoms with Crippen LogP contribution in [0.5, 0.6) is 0 Å². The molecule has 0 saturated heterocycles. The lowest BCUT2D eigenvalue weighted by Crippen LogP contribution is -2.52. The summed E-state index contributed by atoms with van der Waals surface area (Å²) >= 11 is 0. The summed E-state index contributed by atoms with van der Waals surface area (Å²) in [5.74, 6) is -0.713. The zero-order chi connectivity index (χ0) is 26.1. The van der Waals surface area contributed by atoms with E-state index in [0.717, 1.165) is 12.1 Å². The van der Waals surface area contributed by atoms with Gasteiger partial charge in [-0.15, -0.1) is 6.58 Å². The monoisotopic (exact) mass is 492 g/mol. The molecule has 35 heavy (non-hydrogen) atoms. The normalized spacial score (nSPS) is 19.3. The Morgan fingerprint density at radius 3 is 2.34 bits per heavy atom. The van der Waals surface area contributed by atoms with E-state index >= 15 is 0 Å². The van der Waals surface area contributed by atoms with Crippen molar-refractivity contribution in [2.24, 2.45) is 11.8 Å². The van der Waals surface area contributed by atoms with Crippen molar-refractivity contribution in [3.05, 3.63) is 59.3 Å². The molecule has 2 N–H and O–H groups in total. The van der Waals surface area contributed by atoms with E-state index in [1.165, 1.54) is 28.0 Å². The summed E-state index contributed by atoms with van der Waals surface area (Å²) in [6.45, 7) is 11.9. The summed E-state index contributed by atoms with van der Waals surface area (Å²) < 4.78 is 39.1. The molecule has 2 aliphatic rings. The SMILES string of the molecule is C=CCN1C(=O)NC(c2ccc(C(F)(F)F)cc2)C2=C1CN(C(C(=O)NCC(C)C)C(C)C)C2=O. The molecule has 0 aromatic heterocycles. The minimum absolute atomic E-state index is 0.0322. The van der Waals surface area contributed by atoms with Crippen molar-refractivity contribution < 1.29 is 27.6 Å². The summed E-state index contributed by atoms with van der Waals surface area (Å²) in [6.07, 6.45) is -2.99. The fourth-order valence-corrected chi connectivity index (χ4v) is 4.39. The number of carbonyl (C=O) groups is 3. The maximum atomic E-state index is 13.7. The maximum Gasteiger partial charge on any atom is 0.416 e. The second-order valence-corrected chi connectivity index (χ2v) is 9.52. The van der Waals surface area contributed by atoms with Crippen molar-refractivity contribution in [1.82, 2.24) is 20.4 Å². The molecule has 7 nitrogen and oxygen atoms in total. The number of nitrogens with zero attached hydrogens (tertiary/aromatic N) is 2. The van der Waals surface area contributed by atoms with Gasteiger partial charge in [0, 0.05) is 13.1 Å². The minimum Gasteiger partial charge on any atom is -0.354 e. The lowest BCUT2D eigenvalue weighted by Gasteiger charge is -2.33. The fraction of sp³-hybridized carbons (Fsp3) is 0.480. The van der Waals surface area contributed by atoms with Crippen molar-refractivity contribution in [3.63, 3.8) is 0 Å². The number of rotatable bonds is 8. The third-order valence-corrected chi connectivity index (χ3v) is 6.05. The molecule has 1 aromatic carbocycles. The molecule has 0 radical (unpaired) electrons. The van der Waals surface area contributed by atoms with E-state index in [9.17, 15) is 27.6 Å². The highest BCUT2D eigenvalue weighted by molar-refractivity contribution is 6.03. The van der Waals surface area contributed by atoms with Gasteiger partial charge in [0.1, 0.15) is 6.04 Å². The topological polar surface area (TPSA) is 81.8 Å². The molecular formula is C25H31F3N4O3. The fourth-order valence-electron chi connectivity index (χ4n) is 4.39. The molecular weight excluding hydrogens is 461 g/mol. The number of nitrogens with one attached hydrogen (secondary N) is 2. The van der Waals surface area contributed by atoms with Crippen molar-refractivity contribution >= 4 is 17.8 Å². The van der Waals surface area contributed by atoms with Gasteiger partial charge in [-0.2, -0.15) is 13.2 Å². The molecule has 190 valence electrons. The van der Waals surface area contributed by atoms with Crippen LogP contribution in [-0.4, -0.2) is 53.3 Å². The highest BCUT2D eigenvalue weighted by atomic mass is 19.4. The molecule has 0 bridgehead atoms.